The van der Waals surface area contributed by atoms with Crippen LogP contribution in [0.25, 0.3) is 0 Å². The number of benzene rings is 3. The van der Waals surface area contributed by atoms with E-state index < -0.39 is 5.91 Å². The van der Waals surface area contributed by atoms with Crippen LogP contribution in [-0.4, -0.2) is 18.4 Å². The van der Waals surface area contributed by atoms with Crippen molar-refractivity contribution in [1.29, 1.82) is 0 Å². The molecule has 0 saturated carbocycles. The van der Waals surface area contributed by atoms with Crippen LogP contribution in [0, 0.1) is 5.82 Å². The van der Waals surface area contributed by atoms with Crippen LogP contribution in [0.5, 0.6) is 11.5 Å². The minimum atomic E-state index is -0.566. The predicted molar refractivity (Wildman–Crippen MR) is 106 cm³/mol. The Kier molecular flexibility index (Phi) is 6.42. The number of halogens is 1. The number of hydrogen-bond acceptors (Lipinski definition) is 4. The zero-order chi connectivity index (χ0) is 20.6. The first-order valence-electron chi connectivity index (χ1n) is 8.79. The highest BCUT2D eigenvalue weighted by Gasteiger charge is 2.08. The van der Waals surface area contributed by atoms with Crippen molar-refractivity contribution in [3.63, 3.8) is 0 Å². The van der Waals surface area contributed by atoms with Crippen molar-refractivity contribution in [3.05, 3.63) is 89.7 Å². The topological polar surface area (TPSA) is 90.7 Å². The minimum absolute atomic E-state index is 0.212. The van der Waals surface area contributed by atoms with Gasteiger partial charge in [-0.05, 0) is 60.2 Å². The predicted octanol–water partition coefficient (Wildman–Crippen LogP) is 3.52. The highest BCUT2D eigenvalue weighted by molar-refractivity contribution is 6.04. The smallest absolute Gasteiger partial charge is 0.255 e. The Balaban J connectivity index is 1.58. The van der Waals surface area contributed by atoms with Crippen LogP contribution in [0.2, 0.25) is 0 Å². The van der Waals surface area contributed by atoms with Crippen LogP contribution in [0.4, 0.5) is 10.1 Å². The van der Waals surface area contributed by atoms with Gasteiger partial charge in [-0.15, -0.1) is 0 Å². The van der Waals surface area contributed by atoms with Crippen LogP contribution in [0.3, 0.4) is 0 Å². The molecule has 0 aliphatic rings. The third kappa shape index (κ3) is 6.07. The van der Waals surface area contributed by atoms with E-state index in [2.05, 4.69) is 5.32 Å². The molecule has 2 amide bonds. The first kappa shape index (κ1) is 19.9. The molecule has 0 heterocycles. The number of primary amides is 1. The number of anilines is 1. The van der Waals surface area contributed by atoms with Crippen molar-refractivity contribution >= 4 is 17.5 Å². The maximum atomic E-state index is 13.0. The number of carbonyl (C=O) groups is 2. The summed E-state index contributed by atoms with van der Waals surface area (Å²) in [6.45, 7) is 0.0501. The molecule has 7 heteroatoms. The lowest BCUT2D eigenvalue weighted by Crippen LogP contribution is -2.20. The molecule has 0 fully saturated rings. The van der Waals surface area contributed by atoms with Gasteiger partial charge in [-0.2, -0.15) is 0 Å². The molecule has 0 aliphatic heterocycles. The molecule has 3 aromatic rings. The van der Waals surface area contributed by atoms with Gasteiger partial charge >= 0.3 is 0 Å². The van der Waals surface area contributed by atoms with E-state index in [9.17, 15) is 14.0 Å². The average molecular weight is 394 g/mol. The number of amides is 2. The summed E-state index contributed by atoms with van der Waals surface area (Å²) < 4.78 is 23.8. The van der Waals surface area contributed by atoms with Gasteiger partial charge in [-0.1, -0.05) is 18.2 Å². The molecule has 6 nitrogen and oxygen atoms in total. The molecule has 0 unspecified atom stereocenters. The number of nitrogens with two attached hydrogens (primary N) is 1. The third-order valence-corrected chi connectivity index (χ3v) is 3.91. The fraction of sp³-hybridized carbons (Fsp3) is 0.0909. The number of rotatable bonds is 8. The molecular weight excluding hydrogens is 375 g/mol. The minimum Gasteiger partial charge on any atom is -0.489 e. The van der Waals surface area contributed by atoms with Gasteiger partial charge in [0.25, 0.3) is 11.8 Å². The van der Waals surface area contributed by atoms with E-state index in [1.54, 1.807) is 60.7 Å². The molecule has 0 atom stereocenters. The molecule has 0 aromatic heterocycles. The van der Waals surface area contributed by atoms with Crippen LogP contribution in [0.1, 0.15) is 15.9 Å². The monoisotopic (exact) mass is 394 g/mol. The van der Waals surface area contributed by atoms with Crippen molar-refractivity contribution in [3.8, 4) is 11.5 Å². The van der Waals surface area contributed by atoms with Crippen molar-refractivity contribution in [2.75, 3.05) is 11.9 Å². The van der Waals surface area contributed by atoms with Gasteiger partial charge in [0.1, 0.15) is 23.9 Å². The van der Waals surface area contributed by atoms with Gasteiger partial charge in [0.05, 0.1) is 0 Å². The number of hydrogen-bond donors (Lipinski definition) is 2. The van der Waals surface area contributed by atoms with Crippen LogP contribution < -0.4 is 20.5 Å². The normalized spacial score (nSPS) is 10.2. The molecule has 29 heavy (non-hydrogen) atoms. The van der Waals surface area contributed by atoms with Gasteiger partial charge in [0, 0.05) is 11.3 Å². The van der Waals surface area contributed by atoms with Gasteiger partial charge in [-0.3, -0.25) is 9.59 Å². The highest BCUT2D eigenvalue weighted by Crippen LogP contribution is 2.19. The fourth-order valence-corrected chi connectivity index (χ4v) is 2.47. The van der Waals surface area contributed by atoms with Gasteiger partial charge < -0.3 is 20.5 Å². The zero-order valence-electron chi connectivity index (χ0n) is 15.4. The lowest BCUT2D eigenvalue weighted by Gasteiger charge is -2.10. The first-order valence-corrected chi connectivity index (χ1v) is 8.79. The van der Waals surface area contributed by atoms with Crippen LogP contribution in [-0.2, 0) is 11.4 Å². The summed E-state index contributed by atoms with van der Waals surface area (Å²) in [6, 6.07) is 19.3. The Bertz CT molecular complexity index is 988. The number of carbonyl (C=O) groups excluding carboxylic acids is 2. The van der Waals surface area contributed by atoms with Crippen molar-refractivity contribution in [2.24, 2.45) is 5.73 Å². The van der Waals surface area contributed by atoms with Crippen molar-refractivity contribution in [1.82, 2.24) is 0 Å². The van der Waals surface area contributed by atoms with E-state index in [4.69, 9.17) is 15.2 Å². The number of nitrogens with one attached hydrogen (secondary N) is 1. The summed E-state index contributed by atoms with van der Waals surface area (Å²) >= 11 is 0. The standard InChI is InChI=1S/C22H19FN2O4/c23-17-6-4-15(5-7-17)13-28-20-3-1-2-16(12-20)22(27)25-18-8-10-19(11-9-18)29-14-21(24)26/h1-12H,13-14H2,(H2,24,26)(H,25,27). The highest BCUT2D eigenvalue weighted by atomic mass is 19.1. The lowest BCUT2D eigenvalue weighted by atomic mass is 10.2. The summed E-state index contributed by atoms with van der Waals surface area (Å²) in [5.74, 6) is -0.179. The van der Waals surface area contributed by atoms with E-state index in [0.717, 1.165) is 5.56 Å². The Labute approximate surface area is 167 Å². The second-order valence-electron chi connectivity index (χ2n) is 6.18. The molecule has 3 rings (SSSR count). The largest absolute Gasteiger partial charge is 0.489 e. The molecule has 148 valence electrons. The Morgan fingerprint density at radius 2 is 1.62 bits per heavy atom. The van der Waals surface area contributed by atoms with E-state index in [-0.39, 0.29) is 24.9 Å². The summed E-state index contributed by atoms with van der Waals surface area (Å²) in [5, 5.41) is 2.77. The molecule has 0 radical (unpaired) electrons. The van der Waals surface area contributed by atoms with E-state index in [0.29, 0.717) is 22.7 Å². The molecule has 3 N–H and O–H groups in total. The summed E-state index contributed by atoms with van der Waals surface area (Å²) in [4.78, 5) is 23.2. The molecule has 0 aliphatic carbocycles. The maximum absolute atomic E-state index is 13.0. The van der Waals surface area contributed by atoms with Crippen molar-refractivity contribution < 1.29 is 23.5 Å². The van der Waals surface area contributed by atoms with Gasteiger partial charge in [0.15, 0.2) is 6.61 Å². The quantitative estimate of drug-likeness (QED) is 0.612. The van der Waals surface area contributed by atoms with E-state index in [1.165, 1.54) is 12.1 Å². The lowest BCUT2D eigenvalue weighted by molar-refractivity contribution is -0.119. The Hall–Kier alpha value is -3.87. The molecule has 0 spiro atoms. The second kappa shape index (κ2) is 9.36. The number of ether oxygens (including phenoxy) is 2. The molecule has 3 aromatic carbocycles. The summed E-state index contributed by atoms with van der Waals surface area (Å²) in [6.07, 6.45) is 0. The van der Waals surface area contributed by atoms with E-state index in [1.807, 2.05) is 0 Å². The summed E-state index contributed by atoms with van der Waals surface area (Å²) in [5.41, 5.74) is 6.84. The zero-order valence-corrected chi connectivity index (χ0v) is 15.4. The van der Waals surface area contributed by atoms with Gasteiger partial charge in [0.2, 0.25) is 0 Å². The van der Waals surface area contributed by atoms with E-state index >= 15 is 0 Å². The van der Waals surface area contributed by atoms with Crippen LogP contribution >= 0.6 is 0 Å². The van der Waals surface area contributed by atoms with Crippen molar-refractivity contribution in [2.45, 2.75) is 6.61 Å². The molecular formula is C22H19FN2O4. The SMILES string of the molecule is NC(=O)COc1ccc(NC(=O)c2cccc(OCc3ccc(F)cc3)c2)cc1. The average Bonchev–Trinajstić information content (AvgIpc) is 2.73. The second-order valence-corrected chi connectivity index (χ2v) is 6.18. The first-order chi connectivity index (χ1) is 14.0. The molecule has 0 saturated heterocycles. The van der Waals surface area contributed by atoms with Crippen LogP contribution in [0.15, 0.2) is 72.8 Å². The fourth-order valence-electron chi connectivity index (χ4n) is 2.47. The Morgan fingerprint density at radius 1 is 0.897 bits per heavy atom. The maximum Gasteiger partial charge on any atom is 0.255 e. The summed E-state index contributed by atoms with van der Waals surface area (Å²) in [7, 11) is 0. The third-order valence-electron chi connectivity index (χ3n) is 3.91. The molecule has 0 bridgehead atoms. The van der Waals surface area contributed by atoms with Gasteiger partial charge in [-0.25, -0.2) is 4.39 Å². The Morgan fingerprint density at radius 3 is 2.31 bits per heavy atom.